The third-order valence-corrected chi connectivity index (χ3v) is 2.42. The summed E-state index contributed by atoms with van der Waals surface area (Å²) in [5.74, 6) is -0.0905. The first-order valence-electron chi connectivity index (χ1n) is 5.06. The van der Waals surface area contributed by atoms with E-state index >= 15 is 0 Å². The molecular weight excluding hydrogens is 225 g/mol. The summed E-state index contributed by atoms with van der Waals surface area (Å²) >= 11 is 0. The molecule has 0 amide bonds. The molecule has 1 N–H and O–H groups in total. The molecule has 0 saturated carbocycles. The minimum atomic E-state index is -1.16. The van der Waals surface area contributed by atoms with Gasteiger partial charge in [0.1, 0.15) is 18.1 Å². The number of aliphatic hydroxyl groups excluding tert-OH is 1. The number of benzene rings is 1. The van der Waals surface area contributed by atoms with Gasteiger partial charge in [0.15, 0.2) is 17.5 Å². The zero-order valence-electron chi connectivity index (χ0n) is 9.48. The van der Waals surface area contributed by atoms with Gasteiger partial charge in [-0.1, -0.05) is 12.1 Å². The lowest BCUT2D eigenvalue weighted by atomic mass is 10.1. The van der Waals surface area contributed by atoms with Crippen molar-refractivity contribution in [3.63, 3.8) is 0 Å². The highest BCUT2D eigenvalue weighted by Crippen LogP contribution is 2.28. The summed E-state index contributed by atoms with van der Waals surface area (Å²) in [7, 11) is 1.37. The fraction of sp³-hybridized carbons (Fsp3) is 0.250. The molecule has 5 heteroatoms. The quantitative estimate of drug-likeness (QED) is 0.889. The fourth-order valence-corrected chi connectivity index (χ4v) is 1.56. The summed E-state index contributed by atoms with van der Waals surface area (Å²) in [6.45, 7) is 1.65. The Balaban J connectivity index is 2.40. The lowest BCUT2D eigenvalue weighted by Gasteiger charge is -2.11. The van der Waals surface area contributed by atoms with E-state index in [2.05, 4.69) is 4.98 Å². The van der Waals surface area contributed by atoms with Gasteiger partial charge in [0.2, 0.25) is 0 Å². The molecule has 0 fully saturated rings. The first kappa shape index (κ1) is 11.6. The topological polar surface area (TPSA) is 55.5 Å². The monoisotopic (exact) mass is 237 g/mol. The largest absolute Gasteiger partial charge is 0.494 e. The molecule has 2 aromatic rings. The van der Waals surface area contributed by atoms with Gasteiger partial charge in [-0.05, 0) is 6.07 Å². The molecule has 4 nitrogen and oxygen atoms in total. The van der Waals surface area contributed by atoms with Gasteiger partial charge in [0.25, 0.3) is 0 Å². The lowest BCUT2D eigenvalue weighted by molar-refractivity contribution is 0.208. The van der Waals surface area contributed by atoms with E-state index in [0.29, 0.717) is 5.89 Å². The molecule has 0 aliphatic rings. The van der Waals surface area contributed by atoms with Crippen molar-refractivity contribution in [1.82, 2.24) is 4.98 Å². The van der Waals surface area contributed by atoms with Crippen molar-refractivity contribution in [2.45, 2.75) is 13.0 Å². The number of rotatable bonds is 3. The normalized spacial score (nSPS) is 12.5. The molecule has 1 aromatic carbocycles. The van der Waals surface area contributed by atoms with Gasteiger partial charge in [-0.25, -0.2) is 9.37 Å². The number of hydrogen-bond acceptors (Lipinski definition) is 4. The van der Waals surface area contributed by atoms with Crippen molar-refractivity contribution in [1.29, 1.82) is 0 Å². The number of aliphatic hydroxyl groups is 1. The van der Waals surface area contributed by atoms with Gasteiger partial charge < -0.3 is 14.3 Å². The number of aryl methyl sites for hydroxylation is 1. The Morgan fingerprint density at radius 1 is 1.47 bits per heavy atom. The predicted octanol–water partition coefficient (Wildman–Crippen LogP) is 2.21. The van der Waals surface area contributed by atoms with Crippen LogP contribution in [0.5, 0.6) is 5.75 Å². The molecule has 17 heavy (non-hydrogen) atoms. The summed E-state index contributed by atoms with van der Waals surface area (Å²) in [6.07, 6.45) is 0.140. The van der Waals surface area contributed by atoms with E-state index < -0.39 is 11.9 Å². The highest BCUT2D eigenvalue weighted by atomic mass is 19.1. The molecule has 90 valence electrons. The smallest absolute Gasteiger partial charge is 0.191 e. The number of halogens is 1. The fourth-order valence-electron chi connectivity index (χ4n) is 1.56. The average Bonchev–Trinajstić information content (AvgIpc) is 2.75. The number of nitrogens with zero attached hydrogens (tertiary/aromatic N) is 1. The van der Waals surface area contributed by atoms with Crippen LogP contribution in [0.25, 0.3) is 0 Å². The Bertz CT molecular complexity index is 524. The molecule has 1 unspecified atom stereocenters. The van der Waals surface area contributed by atoms with E-state index in [4.69, 9.17) is 9.15 Å². The Labute approximate surface area is 97.7 Å². The van der Waals surface area contributed by atoms with Crippen LogP contribution in [0.3, 0.4) is 0 Å². The minimum Gasteiger partial charge on any atom is -0.494 e. The molecule has 0 radical (unpaired) electrons. The standard InChI is InChI=1S/C12H12FNO3/c1-7-14-9(6-17-7)12(15)8-4-3-5-10(16-2)11(8)13/h3-6,12,15H,1-2H3. The highest BCUT2D eigenvalue weighted by molar-refractivity contribution is 5.35. The van der Waals surface area contributed by atoms with Crippen molar-refractivity contribution >= 4 is 0 Å². The molecular formula is C12H12FNO3. The molecule has 0 bridgehead atoms. The van der Waals surface area contributed by atoms with Gasteiger partial charge in [0, 0.05) is 12.5 Å². The van der Waals surface area contributed by atoms with Gasteiger partial charge >= 0.3 is 0 Å². The van der Waals surface area contributed by atoms with Crippen molar-refractivity contribution in [3.05, 3.63) is 47.4 Å². The van der Waals surface area contributed by atoms with E-state index in [1.54, 1.807) is 13.0 Å². The van der Waals surface area contributed by atoms with Gasteiger partial charge in [-0.2, -0.15) is 0 Å². The number of oxazole rings is 1. The highest BCUT2D eigenvalue weighted by Gasteiger charge is 2.20. The van der Waals surface area contributed by atoms with E-state index in [1.807, 2.05) is 0 Å². The molecule has 1 heterocycles. The third-order valence-electron chi connectivity index (χ3n) is 2.42. The van der Waals surface area contributed by atoms with E-state index in [-0.39, 0.29) is 17.0 Å². The van der Waals surface area contributed by atoms with Crippen LogP contribution in [0.4, 0.5) is 4.39 Å². The lowest BCUT2D eigenvalue weighted by Crippen LogP contribution is -2.04. The Hall–Kier alpha value is -1.88. The predicted molar refractivity (Wildman–Crippen MR) is 58.3 cm³/mol. The molecule has 0 spiro atoms. The van der Waals surface area contributed by atoms with Crippen molar-refractivity contribution in [3.8, 4) is 5.75 Å². The summed E-state index contributed by atoms with van der Waals surface area (Å²) in [6, 6.07) is 4.57. The van der Waals surface area contributed by atoms with E-state index in [0.717, 1.165) is 0 Å². The molecule has 1 aromatic heterocycles. The maximum atomic E-state index is 13.9. The second kappa shape index (κ2) is 4.55. The maximum absolute atomic E-state index is 13.9. The Kier molecular flexibility index (Phi) is 3.10. The number of hydrogen-bond donors (Lipinski definition) is 1. The number of methoxy groups -OCH3 is 1. The molecule has 1 atom stereocenters. The zero-order chi connectivity index (χ0) is 12.4. The molecule has 0 aliphatic carbocycles. The van der Waals surface area contributed by atoms with Crippen LogP contribution in [0.2, 0.25) is 0 Å². The molecule has 0 saturated heterocycles. The van der Waals surface area contributed by atoms with Crippen molar-refractivity contribution in [2.75, 3.05) is 7.11 Å². The minimum absolute atomic E-state index is 0.0850. The van der Waals surface area contributed by atoms with Crippen LogP contribution in [0.1, 0.15) is 23.3 Å². The summed E-state index contributed by atoms with van der Waals surface area (Å²) in [5, 5.41) is 9.99. The summed E-state index contributed by atoms with van der Waals surface area (Å²) in [5.41, 5.74) is 0.382. The first-order valence-corrected chi connectivity index (χ1v) is 5.06. The second-order valence-corrected chi connectivity index (χ2v) is 3.56. The average molecular weight is 237 g/mol. The van der Waals surface area contributed by atoms with Crippen molar-refractivity contribution < 1.29 is 18.7 Å². The van der Waals surface area contributed by atoms with Crippen LogP contribution in [-0.2, 0) is 0 Å². The Morgan fingerprint density at radius 2 is 2.24 bits per heavy atom. The van der Waals surface area contributed by atoms with Gasteiger partial charge in [-0.15, -0.1) is 0 Å². The van der Waals surface area contributed by atoms with Crippen LogP contribution in [0, 0.1) is 12.7 Å². The molecule has 2 rings (SSSR count). The zero-order valence-corrected chi connectivity index (χ0v) is 9.48. The van der Waals surface area contributed by atoms with Crippen molar-refractivity contribution in [2.24, 2.45) is 0 Å². The summed E-state index contributed by atoms with van der Waals surface area (Å²) in [4.78, 5) is 3.96. The van der Waals surface area contributed by atoms with Gasteiger partial charge in [0.05, 0.1) is 7.11 Å². The van der Waals surface area contributed by atoms with E-state index in [9.17, 15) is 9.50 Å². The van der Waals surface area contributed by atoms with Crippen LogP contribution < -0.4 is 4.74 Å². The maximum Gasteiger partial charge on any atom is 0.191 e. The second-order valence-electron chi connectivity index (χ2n) is 3.56. The van der Waals surface area contributed by atoms with Crippen LogP contribution in [-0.4, -0.2) is 17.2 Å². The van der Waals surface area contributed by atoms with Crippen LogP contribution in [0.15, 0.2) is 28.9 Å². The number of ether oxygens (including phenoxy) is 1. The SMILES string of the molecule is COc1cccc(C(O)c2coc(C)n2)c1F. The molecule has 0 aliphatic heterocycles. The first-order chi connectivity index (χ1) is 8.13. The number of aromatic nitrogens is 1. The van der Waals surface area contributed by atoms with Gasteiger partial charge in [-0.3, -0.25) is 0 Å². The van der Waals surface area contributed by atoms with E-state index in [1.165, 1.54) is 25.5 Å². The summed E-state index contributed by atoms with van der Waals surface area (Å²) < 4.78 is 23.7. The van der Waals surface area contributed by atoms with Crippen LogP contribution >= 0.6 is 0 Å². The Morgan fingerprint density at radius 3 is 2.82 bits per heavy atom. The third kappa shape index (κ3) is 2.14.